The van der Waals surface area contributed by atoms with Crippen LogP contribution in [0.3, 0.4) is 0 Å². The average molecular weight is 305 g/mol. The molecule has 0 amide bonds. The number of benzene rings is 1. The Morgan fingerprint density at radius 2 is 2.19 bits per heavy atom. The minimum atomic E-state index is 0.462. The standard InChI is InChI=1S/C14H13ClN4O2/c1-3-10-12-13(16-7-17-14(12)21-19-10)18-8-4-5-11(20-2)9(15)6-8/h4-7H,3H2,1-2H3,(H,16,17,18). The third-order valence-corrected chi connectivity index (χ3v) is 3.39. The zero-order chi connectivity index (χ0) is 14.8. The van der Waals surface area contributed by atoms with Crippen molar-refractivity contribution < 1.29 is 9.26 Å². The molecule has 0 saturated carbocycles. The van der Waals surface area contributed by atoms with Crippen LogP contribution in [0.25, 0.3) is 11.1 Å². The highest BCUT2D eigenvalue weighted by molar-refractivity contribution is 6.32. The van der Waals surface area contributed by atoms with Crippen LogP contribution in [0.1, 0.15) is 12.6 Å². The van der Waals surface area contributed by atoms with Crippen molar-refractivity contribution in [1.82, 2.24) is 15.1 Å². The first-order chi connectivity index (χ1) is 10.2. The average Bonchev–Trinajstić information content (AvgIpc) is 2.92. The molecule has 108 valence electrons. The number of methoxy groups -OCH3 is 1. The summed E-state index contributed by atoms with van der Waals surface area (Å²) < 4.78 is 10.3. The van der Waals surface area contributed by atoms with Crippen LogP contribution in [0, 0.1) is 0 Å². The SMILES string of the molecule is CCc1noc2ncnc(Nc3ccc(OC)c(Cl)c3)c12. The van der Waals surface area contributed by atoms with Crippen LogP contribution in [-0.4, -0.2) is 22.2 Å². The van der Waals surface area contributed by atoms with Crippen LogP contribution in [0.5, 0.6) is 5.75 Å². The maximum absolute atomic E-state index is 6.12. The third kappa shape index (κ3) is 2.50. The molecule has 0 fully saturated rings. The summed E-state index contributed by atoms with van der Waals surface area (Å²) in [5.74, 6) is 1.26. The van der Waals surface area contributed by atoms with E-state index in [9.17, 15) is 0 Å². The molecule has 3 aromatic rings. The molecule has 6 nitrogen and oxygen atoms in total. The van der Waals surface area contributed by atoms with Gasteiger partial charge in [-0.3, -0.25) is 0 Å². The second kappa shape index (κ2) is 5.57. The highest BCUT2D eigenvalue weighted by Crippen LogP contribution is 2.31. The summed E-state index contributed by atoms with van der Waals surface area (Å²) in [6, 6.07) is 5.42. The van der Waals surface area contributed by atoms with Crippen molar-refractivity contribution in [2.24, 2.45) is 0 Å². The van der Waals surface area contributed by atoms with Gasteiger partial charge in [-0.15, -0.1) is 0 Å². The Morgan fingerprint density at radius 3 is 2.90 bits per heavy atom. The van der Waals surface area contributed by atoms with Crippen LogP contribution in [0.2, 0.25) is 5.02 Å². The van der Waals surface area contributed by atoms with Gasteiger partial charge in [-0.1, -0.05) is 23.7 Å². The van der Waals surface area contributed by atoms with Crippen molar-refractivity contribution in [2.45, 2.75) is 13.3 Å². The Bertz CT molecular complexity index is 788. The number of aryl methyl sites for hydroxylation is 1. The van der Waals surface area contributed by atoms with E-state index >= 15 is 0 Å². The van der Waals surface area contributed by atoms with Crippen molar-refractivity contribution in [3.8, 4) is 5.75 Å². The number of halogens is 1. The summed E-state index contributed by atoms with van der Waals surface area (Å²) in [6.45, 7) is 2.00. The van der Waals surface area contributed by atoms with Gasteiger partial charge in [0.1, 0.15) is 23.3 Å². The predicted molar refractivity (Wildman–Crippen MR) is 80.3 cm³/mol. The Labute approximate surface area is 126 Å². The summed E-state index contributed by atoms with van der Waals surface area (Å²) in [6.07, 6.45) is 2.17. The van der Waals surface area contributed by atoms with E-state index in [0.717, 1.165) is 23.2 Å². The van der Waals surface area contributed by atoms with Crippen molar-refractivity contribution in [1.29, 1.82) is 0 Å². The van der Waals surface area contributed by atoms with E-state index in [0.29, 0.717) is 22.3 Å². The lowest BCUT2D eigenvalue weighted by Gasteiger charge is -2.09. The fourth-order valence-corrected chi connectivity index (χ4v) is 2.32. The zero-order valence-electron chi connectivity index (χ0n) is 11.6. The minimum Gasteiger partial charge on any atom is -0.495 e. The molecular weight excluding hydrogens is 292 g/mol. The molecule has 0 aliphatic carbocycles. The van der Waals surface area contributed by atoms with Gasteiger partial charge in [-0.05, 0) is 24.6 Å². The molecule has 0 bridgehead atoms. The summed E-state index contributed by atoms with van der Waals surface area (Å²) >= 11 is 6.12. The monoisotopic (exact) mass is 304 g/mol. The predicted octanol–water partition coefficient (Wildman–Crippen LogP) is 3.59. The molecular formula is C14H13ClN4O2. The highest BCUT2D eigenvalue weighted by atomic mass is 35.5. The first-order valence-corrected chi connectivity index (χ1v) is 6.80. The molecule has 21 heavy (non-hydrogen) atoms. The van der Waals surface area contributed by atoms with E-state index in [4.69, 9.17) is 20.9 Å². The molecule has 7 heteroatoms. The summed E-state index contributed by atoms with van der Waals surface area (Å²) in [5.41, 5.74) is 2.07. The largest absolute Gasteiger partial charge is 0.495 e. The number of nitrogens with zero attached hydrogens (tertiary/aromatic N) is 3. The first kappa shape index (κ1) is 13.6. The quantitative estimate of drug-likeness (QED) is 0.794. The summed E-state index contributed by atoms with van der Waals surface area (Å²) in [4.78, 5) is 8.33. The topological polar surface area (TPSA) is 73.1 Å². The van der Waals surface area contributed by atoms with Gasteiger partial charge in [0.05, 0.1) is 17.8 Å². The number of aromatic nitrogens is 3. The number of nitrogens with one attached hydrogen (secondary N) is 1. The molecule has 0 aliphatic rings. The van der Waals surface area contributed by atoms with E-state index in [1.54, 1.807) is 19.2 Å². The second-order valence-electron chi connectivity index (χ2n) is 4.36. The van der Waals surface area contributed by atoms with Gasteiger partial charge in [0.15, 0.2) is 0 Å². The Kier molecular flexibility index (Phi) is 3.62. The van der Waals surface area contributed by atoms with Crippen LogP contribution in [0.4, 0.5) is 11.5 Å². The molecule has 0 spiro atoms. The van der Waals surface area contributed by atoms with Crippen molar-refractivity contribution in [3.05, 3.63) is 35.2 Å². The van der Waals surface area contributed by atoms with Gasteiger partial charge < -0.3 is 14.6 Å². The molecule has 0 saturated heterocycles. The summed E-state index contributed by atoms with van der Waals surface area (Å²) in [5, 5.41) is 8.51. The van der Waals surface area contributed by atoms with Gasteiger partial charge in [-0.25, -0.2) is 4.98 Å². The molecule has 1 aromatic carbocycles. The van der Waals surface area contributed by atoms with E-state index in [1.807, 2.05) is 13.0 Å². The molecule has 2 heterocycles. The first-order valence-electron chi connectivity index (χ1n) is 6.42. The molecule has 0 radical (unpaired) electrons. The van der Waals surface area contributed by atoms with Crippen molar-refractivity contribution in [2.75, 3.05) is 12.4 Å². The Hall–Kier alpha value is -2.34. The molecule has 1 N–H and O–H groups in total. The number of ether oxygens (including phenoxy) is 1. The van der Waals surface area contributed by atoms with E-state index in [-0.39, 0.29) is 0 Å². The van der Waals surface area contributed by atoms with Gasteiger partial charge in [0, 0.05) is 5.69 Å². The molecule has 0 unspecified atom stereocenters. The van der Waals surface area contributed by atoms with E-state index in [2.05, 4.69) is 20.4 Å². The normalized spacial score (nSPS) is 10.8. The zero-order valence-corrected chi connectivity index (χ0v) is 12.3. The van der Waals surface area contributed by atoms with E-state index in [1.165, 1.54) is 6.33 Å². The maximum Gasteiger partial charge on any atom is 0.263 e. The highest BCUT2D eigenvalue weighted by Gasteiger charge is 2.14. The Morgan fingerprint density at radius 1 is 1.33 bits per heavy atom. The Balaban J connectivity index is 2.01. The van der Waals surface area contributed by atoms with Crippen LogP contribution in [0.15, 0.2) is 29.0 Å². The number of anilines is 2. The number of rotatable bonds is 4. The third-order valence-electron chi connectivity index (χ3n) is 3.09. The fourth-order valence-electron chi connectivity index (χ4n) is 2.06. The van der Waals surface area contributed by atoms with Gasteiger partial charge in [0.25, 0.3) is 5.71 Å². The fraction of sp³-hybridized carbons (Fsp3) is 0.214. The van der Waals surface area contributed by atoms with Crippen LogP contribution in [-0.2, 0) is 6.42 Å². The lowest BCUT2D eigenvalue weighted by Crippen LogP contribution is -1.97. The van der Waals surface area contributed by atoms with Gasteiger partial charge >= 0.3 is 0 Å². The molecule has 3 rings (SSSR count). The lowest BCUT2D eigenvalue weighted by atomic mass is 10.2. The summed E-state index contributed by atoms with van der Waals surface area (Å²) in [7, 11) is 1.58. The van der Waals surface area contributed by atoms with Crippen LogP contribution >= 0.6 is 11.6 Å². The van der Waals surface area contributed by atoms with Crippen molar-refractivity contribution in [3.63, 3.8) is 0 Å². The minimum absolute atomic E-state index is 0.462. The maximum atomic E-state index is 6.12. The number of hydrogen-bond donors (Lipinski definition) is 1. The van der Waals surface area contributed by atoms with E-state index < -0.39 is 0 Å². The number of fused-ring (bicyclic) bond motifs is 1. The molecule has 2 aromatic heterocycles. The van der Waals surface area contributed by atoms with Crippen molar-refractivity contribution >= 4 is 34.2 Å². The molecule has 0 atom stereocenters. The number of hydrogen-bond acceptors (Lipinski definition) is 6. The van der Waals surface area contributed by atoms with Gasteiger partial charge in [0.2, 0.25) is 0 Å². The lowest BCUT2D eigenvalue weighted by molar-refractivity contribution is 0.415. The smallest absolute Gasteiger partial charge is 0.263 e. The van der Waals surface area contributed by atoms with Crippen LogP contribution < -0.4 is 10.1 Å². The second-order valence-corrected chi connectivity index (χ2v) is 4.77. The van der Waals surface area contributed by atoms with Gasteiger partial charge in [-0.2, -0.15) is 4.98 Å². The molecule has 0 aliphatic heterocycles.